The average Bonchev–Trinajstić information content (AvgIpc) is 3.25. The number of hydrogen-bond donors (Lipinski definition) is 2. The Labute approximate surface area is 206 Å². The fraction of sp³-hybridized carbons (Fsp3) is 0.154. The predicted octanol–water partition coefficient (Wildman–Crippen LogP) is 4.68. The van der Waals surface area contributed by atoms with E-state index in [9.17, 15) is 14.0 Å². The molecule has 2 N–H and O–H groups in total. The minimum Gasteiger partial charge on any atom is -0.345 e. The van der Waals surface area contributed by atoms with Crippen LogP contribution in [0.5, 0.6) is 0 Å². The second-order valence-electron chi connectivity index (χ2n) is 7.94. The highest BCUT2D eigenvalue weighted by Gasteiger charge is 2.18. The number of nitrogens with one attached hydrogen (secondary N) is 2. The van der Waals surface area contributed by atoms with E-state index in [1.54, 1.807) is 18.2 Å². The number of aromatic nitrogens is 3. The van der Waals surface area contributed by atoms with Gasteiger partial charge in [-0.2, -0.15) is 0 Å². The fourth-order valence-corrected chi connectivity index (χ4v) is 4.23. The summed E-state index contributed by atoms with van der Waals surface area (Å²) in [6, 6.07) is 21.1. The first kappa shape index (κ1) is 24.2. The van der Waals surface area contributed by atoms with Crippen LogP contribution in [-0.4, -0.2) is 32.3 Å². The maximum Gasteiger partial charge on any atom is 0.251 e. The van der Waals surface area contributed by atoms with Crippen LogP contribution >= 0.6 is 11.8 Å². The maximum atomic E-state index is 13.9. The molecule has 0 aliphatic rings. The van der Waals surface area contributed by atoms with Crippen molar-refractivity contribution in [3.63, 3.8) is 0 Å². The summed E-state index contributed by atoms with van der Waals surface area (Å²) in [6.45, 7) is 4.05. The number of benzene rings is 3. The molecule has 0 radical (unpaired) electrons. The number of carbonyl (C=O) groups excluding carboxylic acids is 2. The van der Waals surface area contributed by atoms with Crippen molar-refractivity contribution in [2.24, 2.45) is 0 Å². The van der Waals surface area contributed by atoms with Crippen molar-refractivity contribution in [3.8, 4) is 5.69 Å². The fourth-order valence-electron chi connectivity index (χ4n) is 3.46. The standard InChI is InChI=1S/C26H24FN5O2S/c1-17-7-5-9-19(13-17)25(34)28-15-23-30-31-26(32(23)20-10-6-8-18(2)14-20)35-16-24(33)29-22-12-4-3-11-21(22)27/h3-14H,15-16H2,1-2H3,(H,28,34)(H,29,33). The van der Waals surface area contributed by atoms with Gasteiger partial charge in [0.25, 0.3) is 5.91 Å². The summed E-state index contributed by atoms with van der Waals surface area (Å²) in [4.78, 5) is 25.1. The first-order valence-electron chi connectivity index (χ1n) is 10.9. The molecule has 1 heterocycles. The number of thioether (sulfide) groups is 1. The monoisotopic (exact) mass is 489 g/mol. The minimum atomic E-state index is -0.500. The Hall–Kier alpha value is -3.98. The van der Waals surface area contributed by atoms with E-state index in [0.29, 0.717) is 16.5 Å². The summed E-state index contributed by atoms with van der Waals surface area (Å²) in [6.07, 6.45) is 0. The zero-order chi connectivity index (χ0) is 24.8. The third-order valence-corrected chi connectivity index (χ3v) is 6.06. The number of para-hydroxylation sites is 1. The smallest absolute Gasteiger partial charge is 0.251 e. The van der Waals surface area contributed by atoms with Crippen molar-refractivity contribution < 1.29 is 14.0 Å². The third kappa shape index (κ3) is 6.13. The second-order valence-corrected chi connectivity index (χ2v) is 8.88. The number of nitrogens with zero attached hydrogens (tertiary/aromatic N) is 3. The van der Waals surface area contributed by atoms with Crippen LogP contribution in [-0.2, 0) is 11.3 Å². The van der Waals surface area contributed by atoms with Crippen LogP contribution in [0, 0.1) is 19.7 Å². The van der Waals surface area contributed by atoms with Crippen molar-refractivity contribution in [2.75, 3.05) is 11.1 Å². The summed E-state index contributed by atoms with van der Waals surface area (Å²) >= 11 is 1.18. The van der Waals surface area contributed by atoms with E-state index < -0.39 is 5.82 Å². The van der Waals surface area contributed by atoms with Crippen molar-refractivity contribution in [1.82, 2.24) is 20.1 Å². The molecule has 0 saturated carbocycles. The first-order valence-corrected chi connectivity index (χ1v) is 11.9. The summed E-state index contributed by atoms with van der Waals surface area (Å²) in [7, 11) is 0. The zero-order valence-corrected chi connectivity index (χ0v) is 20.1. The van der Waals surface area contributed by atoms with E-state index in [4.69, 9.17) is 0 Å². The van der Waals surface area contributed by atoms with Gasteiger partial charge in [-0.1, -0.05) is 53.7 Å². The Morgan fingerprint density at radius 3 is 2.43 bits per heavy atom. The molecule has 178 valence electrons. The van der Waals surface area contributed by atoms with E-state index >= 15 is 0 Å². The quantitative estimate of drug-likeness (QED) is 0.351. The van der Waals surface area contributed by atoms with Crippen molar-refractivity contribution >= 4 is 29.3 Å². The Morgan fingerprint density at radius 1 is 0.943 bits per heavy atom. The highest BCUT2D eigenvalue weighted by atomic mass is 32.2. The maximum absolute atomic E-state index is 13.9. The Morgan fingerprint density at radius 2 is 1.69 bits per heavy atom. The molecule has 0 bridgehead atoms. The van der Waals surface area contributed by atoms with Gasteiger partial charge in [0.15, 0.2) is 11.0 Å². The number of anilines is 1. The molecule has 0 aliphatic carbocycles. The van der Waals surface area contributed by atoms with Crippen molar-refractivity contribution in [1.29, 1.82) is 0 Å². The van der Waals surface area contributed by atoms with Crippen LogP contribution in [0.25, 0.3) is 5.69 Å². The molecule has 0 saturated heterocycles. The molecule has 2 amide bonds. The molecular formula is C26H24FN5O2S. The average molecular weight is 490 g/mol. The van der Waals surface area contributed by atoms with Crippen LogP contribution in [0.2, 0.25) is 0 Å². The normalized spacial score (nSPS) is 10.7. The number of hydrogen-bond acceptors (Lipinski definition) is 5. The third-order valence-electron chi connectivity index (χ3n) is 5.13. The van der Waals surface area contributed by atoms with Crippen LogP contribution in [0.1, 0.15) is 27.3 Å². The Balaban J connectivity index is 1.52. The van der Waals surface area contributed by atoms with Crippen molar-refractivity contribution in [2.45, 2.75) is 25.5 Å². The molecule has 0 atom stereocenters. The van der Waals surface area contributed by atoms with Crippen LogP contribution < -0.4 is 10.6 Å². The molecule has 9 heteroatoms. The lowest BCUT2D eigenvalue weighted by molar-refractivity contribution is -0.113. The number of halogens is 1. The van der Waals surface area contributed by atoms with Gasteiger partial charge < -0.3 is 10.6 Å². The number of carbonyl (C=O) groups is 2. The van der Waals surface area contributed by atoms with E-state index in [1.807, 2.05) is 60.9 Å². The van der Waals surface area contributed by atoms with Crippen LogP contribution in [0.3, 0.4) is 0 Å². The second kappa shape index (κ2) is 11.0. The van der Waals surface area contributed by atoms with Gasteiger partial charge in [-0.15, -0.1) is 10.2 Å². The van der Waals surface area contributed by atoms with Gasteiger partial charge in [-0.25, -0.2) is 4.39 Å². The highest BCUT2D eigenvalue weighted by Crippen LogP contribution is 2.23. The molecule has 4 rings (SSSR count). The van der Waals surface area contributed by atoms with Gasteiger partial charge in [-0.05, 0) is 55.8 Å². The van der Waals surface area contributed by atoms with Gasteiger partial charge in [-0.3, -0.25) is 14.2 Å². The topological polar surface area (TPSA) is 88.9 Å². The Bertz CT molecular complexity index is 1370. The van der Waals surface area contributed by atoms with Gasteiger partial charge >= 0.3 is 0 Å². The molecule has 35 heavy (non-hydrogen) atoms. The molecule has 0 spiro atoms. The van der Waals surface area contributed by atoms with Gasteiger partial charge in [0.1, 0.15) is 5.82 Å². The number of aryl methyl sites for hydroxylation is 2. The van der Waals surface area contributed by atoms with Gasteiger partial charge in [0.2, 0.25) is 5.91 Å². The predicted molar refractivity (Wildman–Crippen MR) is 134 cm³/mol. The van der Waals surface area contributed by atoms with Gasteiger partial charge in [0, 0.05) is 11.3 Å². The minimum absolute atomic E-state index is 0.00787. The van der Waals surface area contributed by atoms with E-state index in [1.165, 1.54) is 23.9 Å². The van der Waals surface area contributed by atoms with E-state index in [2.05, 4.69) is 20.8 Å². The zero-order valence-electron chi connectivity index (χ0n) is 19.3. The molecule has 0 aliphatic heterocycles. The lowest BCUT2D eigenvalue weighted by Crippen LogP contribution is -2.24. The van der Waals surface area contributed by atoms with Crippen molar-refractivity contribution in [3.05, 3.63) is 101 Å². The SMILES string of the molecule is Cc1cccc(C(=O)NCc2nnc(SCC(=O)Nc3ccccc3F)n2-c2cccc(C)c2)c1. The van der Waals surface area contributed by atoms with Gasteiger partial charge in [0.05, 0.1) is 18.0 Å². The lowest BCUT2D eigenvalue weighted by atomic mass is 10.1. The molecule has 0 fully saturated rings. The molecule has 4 aromatic rings. The van der Waals surface area contributed by atoms with Crippen LogP contribution in [0.15, 0.2) is 78.0 Å². The largest absolute Gasteiger partial charge is 0.345 e. The summed E-state index contributed by atoms with van der Waals surface area (Å²) in [5.74, 6) is -0.554. The number of rotatable bonds is 8. The van der Waals surface area contributed by atoms with E-state index in [-0.39, 0.29) is 29.8 Å². The lowest BCUT2D eigenvalue weighted by Gasteiger charge is -2.12. The summed E-state index contributed by atoms with van der Waals surface area (Å²) in [5.41, 5.74) is 3.53. The molecule has 7 nitrogen and oxygen atoms in total. The van der Waals surface area contributed by atoms with Crippen LogP contribution in [0.4, 0.5) is 10.1 Å². The number of amides is 2. The molecule has 3 aromatic carbocycles. The molecule has 1 aromatic heterocycles. The first-order chi connectivity index (χ1) is 16.9. The summed E-state index contributed by atoms with van der Waals surface area (Å²) in [5, 5.41) is 14.5. The van der Waals surface area contributed by atoms with E-state index in [0.717, 1.165) is 16.8 Å². The Kier molecular flexibility index (Phi) is 7.57. The molecular weight excluding hydrogens is 465 g/mol. The molecule has 0 unspecified atom stereocenters. The highest BCUT2D eigenvalue weighted by molar-refractivity contribution is 7.99. The summed E-state index contributed by atoms with van der Waals surface area (Å²) < 4.78 is 15.7.